The van der Waals surface area contributed by atoms with Crippen LogP contribution < -0.4 is 15.8 Å². The second-order valence-electron chi connectivity index (χ2n) is 4.11. The largest absolute Gasteiger partial charge is 0.495 e. The predicted molar refractivity (Wildman–Crippen MR) is 84.8 cm³/mol. The molecule has 0 aliphatic rings. The highest BCUT2D eigenvalue weighted by molar-refractivity contribution is 7.84. The fraction of sp³-hybridized carbons (Fsp3) is 0.400. The minimum atomic E-state index is -0.885. The second-order valence-corrected chi connectivity index (χ2v) is 5.97. The Labute approximate surface area is 127 Å². The van der Waals surface area contributed by atoms with E-state index in [1.807, 2.05) is 6.92 Å². The first-order valence-corrected chi connectivity index (χ1v) is 8.11. The summed E-state index contributed by atoms with van der Waals surface area (Å²) in [5, 5.41) is 2.74. The molecule has 0 fully saturated rings. The zero-order valence-electron chi connectivity index (χ0n) is 12.3. The topological polar surface area (TPSA) is 81.4 Å². The van der Waals surface area contributed by atoms with Crippen molar-refractivity contribution in [1.29, 1.82) is 0 Å². The van der Waals surface area contributed by atoms with Gasteiger partial charge in [-0.2, -0.15) is 0 Å². The highest BCUT2D eigenvalue weighted by atomic mass is 32.2. The highest BCUT2D eigenvalue weighted by Gasteiger charge is 2.09. The van der Waals surface area contributed by atoms with E-state index in [4.69, 9.17) is 10.5 Å². The first kappa shape index (κ1) is 17.2. The van der Waals surface area contributed by atoms with E-state index in [2.05, 4.69) is 17.2 Å². The van der Waals surface area contributed by atoms with Gasteiger partial charge in [-0.05, 0) is 18.2 Å². The van der Waals surface area contributed by atoms with E-state index in [9.17, 15) is 9.00 Å². The first-order valence-electron chi connectivity index (χ1n) is 6.62. The van der Waals surface area contributed by atoms with Gasteiger partial charge in [0.05, 0.1) is 19.2 Å². The van der Waals surface area contributed by atoms with E-state index >= 15 is 0 Å². The molecule has 0 heterocycles. The molecule has 1 amide bonds. The minimum absolute atomic E-state index is 0.221. The summed E-state index contributed by atoms with van der Waals surface area (Å²) in [6.07, 6.45) is 0. The Kier molecular flexibility index (Phi) is 7.51. The smallest absolute Gasteiger partial charge is 0.251 e. The molecular formula is C15H20N2O3S. The van der Waals surface area contributed by atoms with Gasteiger partial charge in [-0.15, -0.1) is 0 Å². The number of rotatable bonds is 6. The van der Waals surface area contributed by atoms with Gasteiger partial charge in [-0.3, -0.25) is 9.00 Å². The van der Waals surface area contributed by atoms with Crippen molar-refractivity contribution in [2.75, 3.05) is 31.7 Å². The lowest BCUT2D eigenvalue weighted by atomic mass is 10.1. The number of nitrogens with two attached hydrogens (primary N) is 1. The molecule has 0 bridgehead atoms. The van der Waals surface area contributed by atoms with Crippen molar-refractivity contribution in [1.82, 2.24) is 5.32 Å². The van der Waals surface area contributed by atoms with E-state index in [1.54, 1.807) is 25.3 Å². The molecule has 0 aliphatic carbocycles. The van der Waals surface area contributed by atoms with Gasteiger partial charge in [-0.1, -0.05) is 18.8 Å². The Morgan fingerprint density at radius 3 is 2.86 bits per heavy atom. The van der Waals surface area contributed by atoms with E-state index in [1.165, 1.54) is 0 Å². The van der Waals surface area contributed by atoms with Crippen molar-refractivity contribution in [2.24, 2.45) is 5.73 Å². The number of hydrogen-bond donors (Lipinski definition) is 2. The minimum Gasteiger partial charge on any atom is -0.495 e. The van der Waals surface area contributed by atoms with Gasteiger partial charge in [0.1, 0.15) is 5.75 Å². The van der Waals surface area contributed by atoms with Crippen LogP contribution in [0.2, 0.25) is 0 Å². The van der Waals surface area contributed by atoms with Crippen LogP contribution in [0.25, 0.3) is 0 Å². The Morgan fingerprint density at radius 1 is 1.48 bits per heavy atom. The van der Waals surface area contributed by atoms with Gasteiger partial charge < -0.3 is 15.8 Å². The number of carbonyl (C=O) groups is 1. The number of ether oxygens (including phenoxy) is 1. The summed E-state index contributed by atoms with van der Waals surface area (Å²) in [5.74, 6) is 7.04. The molecular weight excluding hydrogens is 288 g/mol. The number of hydrogen-bond acceptors (Lipinski definition) is 4. The van der Waals surface area contributed by atoms with Crippen LogP contribution in [0.5, 0.6) is 5.75 Å². The molecule has 1 atom stereocenters. The quantitative estimate of drug-likeness (QED) is 0.750. The molecule has 0 aromatic heterocycles. The molecule has 0 radical (unpaired) electrons. The van der Waals surface area contributed by atoms with Crippen molar-refractivity contribution in [3.05, 3.63) is 29.3 Å². The molecule has 114 valence electrons. The van der Waals surface area contributed by atoms with E-state index < -0.39 is 10.8 Å². The average Bonchev–Trinajstić information content (AvgIpc) is 2.52. The van der Waals surface area contributed by atoms with Crippen molar-refractivity contribution in [3.63, 3.8) is 0 Å². The second kappa shape index (κ2) is 9.16. The molecule has 1 aromatic carbocycles. The van der Waals surface area contributed by atoms with Gasteiger partial charge in [-0.25, -0.2) is 0 Å². The van der Waals surface area contributed by atoms with E-state index in [-0.39, 0.29) is 12.5 Å². The van der Waals surface area contributed by atoms with E-state index in [0.717, 1.165) is 0 Å². The van der Waals surface area contributed by atoms with Gasteiger partial charge in [0.2, 0.25) is 0 Å². The maximum atomic E-state index is 12.0. The first-order chi connectivity index (χ1) is 10.1. The molecule has 5 nitrogen and oxygen atoms in total. The third kappa shape index (κ3) is 5.58. The number of benzene rings is 1. The lowest BCUT2D eigenvalue weighted by molar-refractivity contribution is 0.0956. The van der Waals surface area contributed by atoms with Gasteiger partial charge >= 0.3 is 0 Å². The normalized spacial score (nSPS) is 11.2. The van der Waals surface area contributed by atoms with Crippen LogP contribution in [0.15, 0.2) is 18.2 Å². The Hall–Kier alpha value is -1.84. The molecule has 0 spiro atoms. The third-order valence-electron chi connectivity index (χ3n) is 2.72. The van der Waals surface area contributed by atoms with Crippen molar-refractivity contribution >= 4 is 16.7 Å². The zero-order chi connectivity index (χ0) is 15.7. The number of amides is 1. The summed E-state index contributed by atoms with van der Waals surface area (Å²) in [4.78, 5) is 12.0. The van der Waals surface area contributed by atoms with Gasteiger partial charge in [0, 0.05) is 34.4 Å². The molecule has 21 heavy (non-hydrogen) atoms. The zero-order valence-corrected chi connectivity index (χ0v) is 13.1. The molecule has 1 unspecified atom stereocenters. The molecule has 3 N–H and O–H groups in total. The van der Waals surface area contributed by atoms with E-state index in [0.29, 0.717) is 34.9 Å². The monoisotopic (exact) mass is 308 g/mol. The maximum Gasteiger partial charge on any atom is 0.251 e. The SMILES string of the molecule is CCS(=O)CCNC(=O)c1ccc(OC)c(C#CCN)c1. The molecule has 6 heteroatoms. The Bertz CT molecular complexity index is 576. The summed E-state index contributed by atoms with van der Waals surface area (Å²) in [6.45, 7) is 2.47. The fourth-order valence-corrected chi connectivity index (χ4v) is 2.24. The fourth-order valence-electron chi connectivity index (χ4n) is 1.62. The maximum absolute atomic E-state index is 12.0. The lowest BCUT2D eigenvalue weighted by Gasteiger charge is -2.08. The Balaban J connectivity index is 2.78. The molecule has 1 aromatic rings. The van der Waals surface area contributed by atoms with Crippen LogP contribution in [0.1, 0.15) is 22.8 Å². The van der Waals surface area contributed by atoms with Crippen LogP contribution in [-0.2, 0) is 10.8 Å². The molecule has 1 rings (SSSR count). The summed E-state index contributed by atoms with van der Waals surface area (Å²) >= 11 is 0. The predicted octanol–water partition coefficient (Wildman–Crippen LogP) is 0.504. The summed E-state index contributed by atoms with van der Waals surface area (Å²) in [5.41, 5.74) is 6.45. The summed E-state index contributed by atoms with van der Waals surface area (Å²) in [7, 11) is 0.660. The standard InChI is InChI=1S/C15H20N2O3S/c1-3-21(19)10-9-17-15(18)13-6-7-14(20-2)12(11-13)5-4-8-16/h6-7,11H,3,8-10,16H2,1-2H3,(H,17,18). The van der Waals surface area contributed by atoms with Gasteiger partial charge in [0.25, 0.3) is 5.91 Å². The number of carbonyl (C=O) groups excluding carboxylic acids is 1. The molecule has 0 aliphatic heterocycles. The van der Waals surface area contributed by atoms with Crippen LogP contribution in [0.3, 0.4) is 0 Å². The number of nitrogens with one attached hydrogen (secondary N) is 1. The average molecular weight is 308 g/mol. The van der Waals surface area contributed by atoms with Crippen LogP contribution in [0.4, 0.5) is 0 Å². The van der Waals surface area contributed by atoms with Crippen LogP contribution in [-0.4, -0.2) is 41.8 Å². The molecule has 0 saturated heterocycles. The lowest BCUT2D eigenvalue weighted by Crippen LogP contribution is -2.28. The van der Waals surface area contributed by atoms with Crippen molar-refractivity contribution < 1.29 is 13.7 Å². The van der Waals surface area contributed by atoms with Crippen LogP contribution in [0, 0.1) is 11.8 Å². The third-order valence-corrected chi connectivity index (χ3v) is 4.03. The van der Waals surface area contributed by atoms with Gasteiger partial charge in [0.15, 0.2) is 0 Å². The molecule has 0 saturated carbocycles. The Morgan fingerprint density at radius 2 is 2.24 bits per heavy atom. The van der Waals surface area contributed by atoms with Crippen molar-refractivity contribution in [3.8, 4) is 17.6 Å². The van der Waals surface area contributed by atoms with Crippen LogP contribution >= 0.6 is 0 Å². The number of methoxy groups -OCH3 is 1. The highest BCUT2D eigenvalue weighted by Crippen LogP contribution is 2.18. The summed E-state index contributed by atoms with van der Waals surface area (Å²) in [6, 6.07) is 5.02. The van der Waals surface area contributed by atoms with Crippen molar-refractivity contribution in [2.45, 2.75) is 6.92 Å². The summed E-state index contributed by atoms with van der Waals surface area (Å²) < 4.78 is 16.5.